The molecule has 0 N–H and O–H groups in total. The number of allylic oxidation sites excluding steroid dienone is 4. The summed E-state index contributed by atoms with van der Waals surface area (Å²) in [6.07, 6.45) is 0.542. The highest BCUT2D eigenvalue weighted by atomic mass is 127. The lowest BCUT2D eigenvalue weighted by molar-refractivity contribution is -0.177. The Labute approximate surface area is 140 Å². The summed E-state index contributed by atoms with van der Waals surface area (Å²) in [6, 6.07) is 7.16. The van der Waals surface area contributed by atoms with E-state index in [9.17, 15) is 13.2 Å². The average Bonchev–Trinajstić information content (AvgIpc) is 2.53. The molecular weight excluding hydrogens is 408 g/mol. The van der Waals surface area contributed by atoms with E-state index < -0.39 is 29.7 Å². The van der Waals surface area contributed by atoms with Crippen LogP contribution in [0.5, 0.6) is 0 Å². The van der Waals surface area contributed by atoms with Crippen molar-refractivity contribution in [3.8, 4) is 0 Å². The van der Waals surface area contributed by atoms with Crippen LogP contribution in [-0.2, 0) is 9.47 Å². The van der Waals surface area contributed by atoms with Crippen LogP contribution in [0.25, 0.3) is 0 Å². The molecule has 1 unspecified atom stereocenters. The maximum atomic E-state index is 13.4. The third-order valence-electron chi connectivity index (χ3n) is 3.69. The van der Waals surface area contributed by atoms with Gasteiger partial charge in [0.15, 0.2) is 17.9 Å². The lowest BCUT2D eigenvalue weighted by Crippen LogP contribution is -2.26. The molecule has 1 heterocycles. The van der Waals surface area contributed by atoms with Crippen molar-refractivity contribution in [2.75, 3.05) is 13.2 Å². The first-order chi connectivity index (χ1) is 10.5. The van der Waals surface area contributed by atoms with E-state index in [1.807, 2.05) is 12.1 Å². The molecule has 2 aliphatic rings. The minimum absolute atomic E-state index is 0.161. The van der Waals surface area contributed by atoms with Gasteiger partial charge in [-0.2, -0.15) is 0 Å². The normalized spacial score (nSPS) is 29.5. The minimum Gasteiger partial charge on any atom is -0.347 e. The van der Waals surface area contributed by atoms with Gasteiger partial charge in [-0.3, -0.25) is 0 Å². The van der Waals surface area contributed by atoms with Gasteiger partial charge in [-0.1, -0.05) is 46.9 Å². The standard InChI is InChI=1S/C16H14F3IO2/c17-13-5-11(6-14(18)15(13)19)9-1-3-10(4-2-9)16-21-7-12(20)8-22-16/h1-5,11-12,16H,6-8H2. The predicted octanol–water partition coefficient (Wildman–Crippen LogP) is 5.03. The van der Waals surface area contributed by atoms with Gasteiger partial charge in [0, 0.05) is 17.9 Å². The molecule has 6 heteroatoms. The Bertz CT molecular complexity index is 604. The first-order valence-electron chi connectivity index (χ1n) is 6.93. The summed E-state index contributed by atoms with van der Waals surface area (Å²) in [7, 11) is 0. The van der Waals surface area contributed by atoms with Crippen molar-refractivity contribution < 1.29 is 22.6 Å². The highest BCUT2D eigenvalue weighted by Gasteiger charge is 2.25. The van der Waals surface area contributed by atoms with Crippen molar-refractivity contribution in [1.29, 1.82) is 0 Å². The van der Waals surface area contributed by atoms with Crippen molar-refractivity contribution in [3.05, 3.63) is 58.9 Å². The quantitative estimate of drug-likeness (QED) is 0.492. The largest absolute Gasteiger partial charge is 0.347 e. The van der Waals surface area contributed by atoms with Crippen LogP contribution in [0.3, 0.4) is 0 Å². The predicted molar refractivity (Wildman–Crippen MR) is 84.7 cm³/mol. The van der Waals surface area contributed by atoms with E-state index in [2.05, 4.69) is 22.6 Å². The van der Waals surface area contributed by atoms with Gasteiger partial charge in [0.25, 0.3) is 0 Å². The van der Waals surface area contributed by atoms with Gasteiger partial charge in [-0.15, -0.1) is 0 Å². The van der Waals surface area contributed by atoms with Crippen molar-refractivity contribution in [2.24, 2.45) is 0 Å². The highest BCUT2D eigenvalue weighted by Crippen LogP contribution is 2.37. The Morgan fingerprint density at radius 2 is 1.55 bits per heavy atom. The molecule has 1 aliphatic carbocycles. The van der Waals surface area contributed by atoms with Gasteiger partial charge < -0.3 is 9.47 Å². The van der Waals surface area contributed by atoms with Crippen LogP contribution in [0, 0.1) is 0 Å². The molecule has 1 aliphatic heterocycles. The van der Waals surface area contributed by atoms with Crippen molar-refractivity contribution >= 4 is 22.6 Å². The summed E-state index contributed by atoms with van der Waals surface area (Å²) in [6.45, 7) is 1.25. The van der Waals surface area contributed by atoms with Gasteiger partial charge >= 0.3 is 0 Å². The molecule has 1 fully saturated rings. The maximum absolute atomic E-state index is 13.4. The molecule has 1 aromatic rings. The molecule has 22 heavy (non-hydrogen) atoms. The molecule has 0 aromatic heterocycles. The molecule has 0 saturated carbocycles. The zero-order valence-corrected chi connectivity index (χ0v) is 13.7. The summed E-state index contributed by atoms with van der Waals surface area (Å²) >= 11 is 2.26. The fraction of sp³-hybridized carbons (Fsp3) is 0.375. The summed E-state index contributed by atoms with van der Waals surface area (Å²) in [4.78, 5) is 0. The molecule has 0 radical (unpaired) electrons. The van der Waals surface area contributed by atoms with E-state index in [0.717, 1.165) is 17.2 Å². The average molecular weight is 422 g/mol. The lowest BCUT2D eigenvalue weighted by Gasteiger charge is -2.27. The second-order valence-corrected chi connectivity index (χ2v) is 7.07. The van der Waals surface area contributed by atoms with Crippen molar-refractivity contribution in [2.45, 2.75) is 22.6 Å². The summed E-state index contributed by atoms with van der Waals surface area (Å²) in [5.74, 6) is -4.06. The second kappa shape index (κ2) is 6.72. The van der Waals surface area contributed by atoms with Crippen LogP contribution < -0.4 is 0 Å². The van der Waals surface area contributed by atoms with Gasteiger partial charge in [0.2, 0.25) is 0 Å². The molecule has 118 valence electrons. The smallest absolute Gasteiger partial charge is 0.189 e. The molecule has 0 bridgehead atoms. The van der Waals surface area contributed by atoms with Gasteiger partial charge in [0.1, 0.15) is 5.83 Å². The molecule has 0 amide bonds. The Morgan fingerprint density at radius 3 is 2.14 bits per heavy atom. The lowest BCUT2D eigenvalue weighted by atomic mass is 9.90. The van der Waals surface area contributed by atoms with Crippen LogP contribution in [0.1, 0.15) is 29.8 Å². The Hall–Kier alpha value is -0.860. The number of halogens is 4. The van der Waals surface area contributed by atoms with E-state index in [1.165, 1.54) is 0 Å². The molecule has 3 rings (SSSR count). The van der Waals surface area contributed by atoms with Gasteiger partial charge in [0.05, 0.1) is 17.1 Å². The SMILES string of the molecule is FC1=CC(c2ccc(C3OCC(I)CO3)cc2)CC(F)=C1F. The number of ether oxygens (including phenoxy) is 2. The Kier molecular flexibility index (Phi) is 4.89. The number of hydrogen-bond donors (Lipinski definition) is 0. The highest BCUT2D eigenvalue weighted by molar-refractivity contribution is 14.1. The Balaban J connectivity index is 1.73. The first-order valence-corrected chi connectivity index (χ1v) is 8.18. The summed E-state index contributed by atoms with van der Waals surface area (Å²) < 4.78 is 51.2. The van der Waals surface area contributed by atoms with Crippen LogP contribution >= 0.6 is 22.6 Å². The number of rotatable bonds is 2. The van der Waals surface area contributed by atoms with Crippen LogP contribution in [0.15, 0.2) is 47.8 Å². The summed E-state index contributed by atoms with van der Waals surface area (Å²) in [5, 5.41) is 0. The topological polar surface area (TPSA) is 18.5 Å². The second-order valence-electron chi connectivity index (χ2n) is 5.31. The summed E-state index contributed by atoms with van der Waals surface area (Å²) in [5.41, 5.74) is 1.58. The third kappa shape index (κ3) is 3.38. The third-order valence-corrected chi connectivity index (χ3v) is 4.41. The van der Waals surface area contributed by atoms with Gasteiger partial charge in [-0.25, -0.2) is 13.2 Å². The molecule has 1 saturated heterocycles. The molecular formula is C16H14F3IO2. The van der Waals surface area contributed by atoms with E-state index in [1.54, 1.807) is 12.1 Å². The number of alkyl halides is 1. The van der Waals surface area contributed by atoms with Crippen LogP contribution in [0.2, 0.25) is 0 Å². The molecule has 2 nitrogen and oxygen atoms in total. The molecule has 1 aromatic carbocycles. The maximum Gasteiger partial charge on any atom is 0.189 e. The fourth-order valence-corrected chi connectivity index (χ4v) is 2.92. The van der Waals surface area contributed by atoms with E-state index in [-0.39, 0.29) is 6.42 Å². The first kappa shape index (κ1) is 16.0. The number of benzene rings is 1. The van der Waals surface area contributed by atoms with E-state index in [0.29, 0.717) is 17.1 Å². The van der Waals surface area contributed by atoms with E-state index in [4.69, 9.17) is 9.47 Å². The number of hydrogen-bond acceptors (Lipinski definition) is 2. The minimum atomic E-state index is -1.38. The Morgan fingerprint density at radius 1 is 0.955 bits per heavy atom. The van der Waals surface area contributed by atoms with Crippen molar-refractivity contribution in [1.82, 2.24) is 0 Å². The van der Waals surface area contributed by atoms with Crippen molar-refractivity contribution in [3.63, 3.8) is 0 Å². The fourth-order valence-electron chi connectivity index (χ4n) is 2.51. The zero-order chi connectivity index (χ0) is 15.7. The van der Waals surface area contributed by atoms with Crippen LogP contribution in [0.4, 0.5) is 13.2 Å². The molecule has 1 atom stereocenters. The van der Waals surface area contributed by atoms with Crippen LogP contribution in [-0.4, -0.2) is 17.1 Å². The molecule has 0 spiro atoms. The zero-order valence-electron chi connectivity index (χ0n) is 11.6. The monoisotopic (exact) mass is 422 g/mol. The van der Waals surface area contributed by atoms with E-state index >= 15 is 0 Å². The van der Waals surface area contributed by atoms with Gasteiger partial charge in [-0.05, 0) is 11.6 Å².